The average molecular weight is 337 g/mol. The van der Waals surface area contributed by atoms with Crippen LogP contribution in [0.3, 0.4) is 0 Å². The standard InChI is InChI=1S/C16H21ClN4S/c1-20-6-8-21(9-7-20)15-4-2-3-14(17)13(15)11-18-12-16-19-5-10-22-16/h2-5,10,18H,6-9,11-12H2,1H3. The van der Waals surface area contributed by atoms with E-state index in [9.17, 15) is 0 Å². The van der Waals surface area contributed by atoms with Gasteiger partial charge < -0.3 is 15.1 Å². The van der Waals surface area contributed by atoms with Crippen molar-refractivity contribution in [3.63, 3.8) is 0 Å². The molecule has 1 aromatic heterocycles. The number of piperazine rings is 1. The summed E-state index contributed by atoms with van der Waals surface area (Å²) in [5.41, 5.74) is 2.44. The smallest absolute Gasteiger partial charge is 0.106 e. The number of anilines is 1. The van der Waals surface area contributed by atoms with E-state index in [1.165, 1.54) is 11.3 Å². The molecule has 0 unspecified atom stereocenters. The molecular weight excluding hydrogens is 316 g/mol. The van der Waals surface area contributed by atoms with Crippen LogP contribution in [0.5, 0.6) is 0 Å². The first-order valence-electron chi connectivity index (χ1n) is 7.54. The summed E-state index contributed by atoms with van der Waals surface area (Å²) in [5, 5.41) is 7.40. The average Bonchev–Trinajstić information content (AvgIpc) is 3.03. The van der Waals surface area contributed by atoms with Gasteiger partial charge in [-0.05, 0) is 19.2 Å². The molecule has 1 aromatic carbocycles. The van der Waals surface area contributed by atoms with Gasteiger partial charge in [0.1, 0.15) is 5.01 Å². The van der Waals surface area contributed by atoms with E-state index in [2.05, 4.69) is 33.2 Å². The van der Waals surface area contributed by atoms with Crippen LogP contribution in [0.4, 0.5) is 5.69 Å². The Kier molecular flexibility index (Phi) is 5.31. The van der Waals surface area contributed by atoms with E-state index >= 15 is 0 Å². The van der Waals surface area contributed by atoms with Crippen LogP contribution in [-0.4, -0.2) is 43.1 Å². The van der Waals surface area contributed by atoms with Crippen molar-refractivity contribution in [2.24, 2.45) is 0 Å². The van der Waals surface area contributed by atoms with Crippen LogP contribution in [-0.2, 0) is 13.1 Å². The molecule has 0 aliphatic carbocycles. The van der Waals surface area contributed by atoms with Crippen molar-refractivity contribution in [3.05, 3.63) is 45.4 Å². The summed E-state index contributed by atoms with van der Waals surface area (Å²) in [6, 6.07) is 6.19. The van der Waals surface area contributed by atoms with Crippen molar-refractivity contribution < 1.29 is 0 Å². The second-order valence-electron chi connectivity index (χ2n) is 5.56. The third kappa shape index (κ3) is 3.79. The number of aromatic nitrogens is 1. The molecule has 1 fully saturated rings. The Morgan fingerprint density at radius 3 is 2.77 bits per heavy atom. The maximum Gasteiger partial charge on any atom is 0.106 e. The number of hydrogen-bond acceptors (Lipinski definition) is 5. The number of likely N-dealkylation sites (N-methyl/N-ethyl adjacent to an activating group) is 1. The highest BCUT2D eigenvalue weighted by molar-refractivity contribution is 7.09. The lowest BCUT2D eigenvalue weighted by Gasteiger charge is -2.35. The quantitative estimate of drug-likeness (QED) is 0.909. The van der Waals surface area contributed by atoms with Crippen LogP contribution < -0.4 is 10.2 Å². The van der Waals surface area contributed by atoms with E-state index in [-0.39, 0.29) is 0 Å². The molecule has 0 atom stereocenters. The molecule has 118 valence electrons. The Balaban J connectivity index is 1.69. The van der Waals surface area contributed by atoms with Crippen molar-refractivity contribution in [2.75, 3.05) is 38.1 Å². The monoisotopic (exact) mass is 336 g/mol. The fraction of sp³-hybridized carbons (Fsp3) is 0.438. The van der Waals surface area contributed by atoms with Crippen LogP contribution in [0.15, 0.2) is 29.8 Å². The Hall–Kier alpha value is -1.14. The molecule has 4 nitrogen and oxygen atoms in total. The third-order valence-corrected chi connectivity index (χ3v) is 5.13. The van der Waals surface area contributed by atoms with E-state index in [4.69, 9.17) is 11.6 Å². The van der Waals surface area contributed by atoms with Gasteiger partial charge in [0, 0.05) is 67.1 Å². The molecule has 0 bridgehead atoms. The van der Waals surface area contributed by atoms with Crippen LogP contribution in [0, 0.1) is 0 Å². The van der Waals surface area contributed by atoms with Gasteiger partial charge in [-0.25, -0.2) is 4.98 Å². The molecule has 2 aromatic rings. The zero-order valence-electron chi connectivity index (χ0n) is 12.8. The summed E-state index contributed by atoms with van der Waals surface area (Å²) in [4.78, 5) is 9.10. The minimum absolute atomic E-state index is 0.765. The molecular formula is C16H21ClN4S. The van der Waals surface area contributed by atoms with Crippen LogP contribution in [0.1, 0.15) is 10.6 Å². The molecule has 1 aliphatic rings. The number of nitrogens with zero attached hydrogens (tertiary/aromatic N) is 3. The van der Waals surface area contributed by atoms with Crippen molar-refractivity contribution in [1.29, 1.82) is 0 Å². The Labute approximate surface area is 140 Å². The SMILES string of the molecule is CN1CCN(c2cccc(Cl)c2CNCc2nccs2)CC1. The first kappa shape index (κ1) is 15.7. The molecule has 22 heavy (non-hydrogen) atoms. The molecule has 2 heterocycles. The normalized spacial score (nSPS) is 16.2. The van der Waals surface area contributed by atoms with Crippen molar-refractivity contribution in [3.8, 4) is 0 Å². The lowest BCUT2D eigenvalue weighted by atomic mass is 10.1. The molecule has 6 heteroatoms. The Morgan fingerprint density at radius 1 is 1.23 bits per heavy atom. The molecule has 3 rings (SSSR count). The summed E-state index contributed by atoms with van der Waals surface area (Å²) < 4.78 is 0. The van der Waals surface area contributed by atoms with Gasteiger partial charge >= 0.3 is 0 Å². The van der Waals surface area contributed by atoms with Gasteiger partial charge in [0.15, 0.2) is 0 Å². The predicted molar refractivity (Wildman–Crippen MR) is 93.8 cm³/mol. The highest BCUT2D eigenvalue weighted by Crippen LogP contribution is 2.28. The van der Waals surface area contributed by atoms with E-state index in [0.717, 1.165) is 49.3 Å². The molecule has 0 saturated carbocycles. The summed E-state index contributed by atoms with van der Waals surface area (Å²) >= 11 is 8.12. The van der Waals surface area contributed by atoms with Gasteiger partial charge in [-0.3, -0.25) is 0 Å². The minimum atomic E-state index is 0.765. The second kappa shape index (κ2) is 7.42. The van der Waals surface area contributed by atoms with Gasteiger partial charge in [0.25, 0.3) is 0 Å². The van der Waals surface area contributed by atoms with Gasteiger partial charge in [0.05, 0.1) is 0 Å². The second-order valence-corrected chi connectivity index (χ2v) is 6.94. The van der Waals surface area contributed by atoms with Gasteiger partial charge in [-0.1, -0.05) is 17.7 Å². The number of nitrogens with one attached hydrogen (secondary N) is 1. The van der Waals surface area contributed by atoms with E-state index < -0.39 is 0 Å². The summed E-state index contributed by atoms with van der Waals surface area (Å²) in [5.74, 6) is 0. The number of thiazole rings is 1. The summed E-state index contributed by atoms with van der Waals surface area (Å²) in [6.45, 7) is 5.84. The van der Waals surface area contributed by atoms with E-state index in [0.29, 0.717) is 0 Å². The Bertz CT molecular complexity index is 594. The fourth-order valence-corrected chi connectivity index (χ4v) is 3.52. The van der Waals surface area contributed by atoms with Crippen LogP contribution in [0.25, 0.3) is 0 Å². The largest absolute Gasteiger partial charge is 0.369 e. The molecule has 0 radical (unpaired) electrons. The first-order chi connectivity index (χ1) is 10.7. The highest BCUT2D eigenvalue weighted by atomic mass is 35.5. The molecule has 0 amide bonds. The maximum absolute atomic E-state index is 6.45. The summed E-state index contributed by atoms with van der Waals surface area (Å²) in [7, 11) is 2.17. The zero-order valence-corrected chi connectivity index (χ0v) is 14.3. The molecule has 1 N–H and O–H groups in total. The van der Waals surface area contributed by atoms with E-state index in [1.807, 2.05) is 23.7 Å². The number of halogens is 1. The van der Waals surface area contributed by atoms with Crippen molar-refractivity contribution >= 4 is 28.6 Å². The Morgan fingerprint density at radius 2 is 2.05 bits per heavy atom. The van der Waals surface area contributed by atoms with Crippen molar-refractivity contribution in [1.82, 2.24) is 15.2 Å². The van der Waals surface area contributed by atoms with Gasteiger partial charge in [-0.2, -0.15) is 0 Å². The number of benzene rings is 1. The number of hydrogen-bond donors (Lipinski definition) is 1. The molecule has 1 aliphatic heterocycles. The molecule has 1 saturated heterocycles. The zero-order chi connectivity index (χ0) is 15.4. The third-order valence-electron chi connectivity index (χ3n) is 4.00. The van der Waals surface area contributed by atoms with Gasteiger partial charge in [0.2, 0.25) is 0 Å². The van der Waals surface area contributed by atoms with Crippen molar-refractivity contribution in [2.45, 2.75) is 13.1 Å². The van der Waals surface area contributed by atoms with Crippen LogP contribution in [0.2, 0.25) is 5.02 Å². The number of rotatable bonds is 5. The molecule has 0 spiro atoms. The van der Waals surface area contributed by atoms with Gasteiger partial charge in [-0.15, -0.1) is 11.3 Å². The highest BCUT2D eigenvalue weighted by Gasteiger charge is 2.18. The minimum Gasteiger partial charge on any atom is -0.369 e. The van der Waals surface area contributed by atoms with E-state index in [1.54, 1.807) is 11.3 Å². The topological polar surface area (TPSA) is 31.4 Å². The summed E-state index contributed by atoms with van der Waals surface area (Å²) in [6.07, 6.45) is 1.84. The first-order valence-corrected chi connectivity index (χ1v) is 8.80. The predicted octanol–water partition coefficient (Wildman–Crippen LogP) is 2.84. The lowest BCUT2D eigenvalue weighted by Crippen LogP contribution is -2.45. The fourth-order valence-electron chi connectivity index (χ4n) is 2.70. The van der Waals surface area contributed by atoms with Crippen LogP contribution >= 0.6 is 22.9 Å². The maximum atomic E-state index is 6.45. The lowest BCUT2D eigenvalue weighted by molar-refractivity contribution is 0.312.